The molecule has 1 aliphatic heterocycles. The van der Waals surface area contributed by atoms with Crippen LogP contribution in [-0.2, 0) is 12.8 Å². The zero-order valence-electron chi connectivity index (χ0n) is 20.3. The summed E-state index contributed by atoms with van der Waals surface area (Å²) in [6.07, 6.45) is 5.69. The van der Waals surface area contributed by atoms with Crippen LogP contribution >= 0.6 is 0 Å². The number of phenols is 1. The molecule has 174 valence electrons. The van der Waals surface area contributed by atoms with Gasteiger partial charge in [-0.15, -0.1) is 6.58 Å². The van der Waals surface area contributed by atoms with Crippen LogP contribution < -0.4 is 9.47 Å². The number of aryl methyl sites for hydroxylation is 3. The van der Waals surface area contributed by atoms with Gasteiger partial charge in [0, 0.05) is 6.42 Å². The average Bonchev–Trinajstić information content (AvgIpc) is 3.16. The molecule has 1 N–H and O–H groups in total. The maximum Gasteiger partial charge on any atom is 0.123 e. The summed E-state index contributed by atoms with van der Waals surface area (Å²) in [5.41, 5.74) is 6.04. The van der Waals surface area contributed by atoms with Gasteiger partial charge in [0.25, 0.3) is 0 Å². The SMILES string of the molecule is C=CCOc1ccc(C)cc1.C=CCc1cc(C)ccc1O.Cc1ccc2c(c1)CC(C)O2. The lowest BCUT2D eigenvalue weighted by molar-refractivity contribution is 0.254. The molecule has 1 atom stereocenters. The third kappa shape index (κ3) is 8.89. The molecular formula is C30H36O3. The summed E-state index contributed by atoms with van der Waals surface area (Å²) < 4.78 is 10.9. The second-order valence-corrected chi connectivity index (χ2v) is 8.28. The summed E-state index contributed by atoms with van der Waals surface area (Å²) in [4.78, 5) is 0. The van der Waals surface area contributed by atoms with Crippen molar-refractivity contribution in [3.63, 3.8) is 0 Å². The molecule has 4 rings (SSSR count). The lowest BCUT2D eigenvalue weighted by Gasteiger charge is -2.01. The number of phenolic OH excluding ortho intramolecular Hbond substituents is 1. The van der Waals surface area contributed by atoms with Gasteiger partial charge in [-0.2, -0.15) is 0 Å². The molecule has 3 aromatic rings. The smallest absolute Gasteiger partial charge is 0.123 e. The van der Waals surface area contributed by atoms with E-state index < -0.39 is 0 Å². The average molecular weight is 445 g/mol. The minimum absolute atomic E-state index is 0.357. The molecule has 0 spiro atoms. The Kier molecular flexibility index (Phi) is 10.3. The molecule has 0 fully saturated rings. The van der Waals surface area contributed by atoms with Crippen molar-refractivity contribution in [3.8, 4) is 17.2 Å². The van der Waals surface area contributed by atoms with Crippen LogP contribution in [0.25, 0.3) is 0 Å². The van der Waals surface area contributed by atoms with Gasteiger partial charge in [-0.3, -0.25) is 0 Å². The van der Waals surface area contributed by atoms with Crippen LogP contribution in [0, 0.1) is 20.8 Å². The third-order valence-corrected chi connectivity index (χ3v) is 5.04. The Balaban J connectivity index is 0.000000175. The maximum absolute atomic E-state index is 9.32. The number of benzene rings is 3. The van der Waals surface area contributed by atoms with Gasteiger partial charge < -0.3 is 14.6 Å². The van der Waals surface area contributed by atoms with Gasteiger partial charge in [0.2, 0.25) is 0 Å². The highest BCUT2D eigenvalue weighted by atomic mass is 16.5. The number of rotatable bonds is 5. The van der Waals surface area contributed by atoms with Crippen LogP contribution in [0.2, 0.25) is 0 Å². The van der Waals surface area contributed by atoms with E-state index in [1.165, 1.54) is 22.3 Å². The van der Waals surface area contributed by atoms with Gasteiger partial charge in [0.05, 0.1) is 0 Å². The predicted octanol–water partition coefficient (Wildman–Crippen LogP) is 7.31. The van der Waals surface area contributed by atoms with Gasteiger partial charge in [-0.25, -0.2) is 0 Å². The topological polar surface area (TPSA) is 38.7 Å². The molecule has 0 aliphatic carbocycles. The Labute approximate surface area is 199 Å². The first-order valence-electron chi connectivity index (χ1n) is 11.3. The van der Waals surface area contributed by atoms with Crippen molar-refractivity contribution in [2.75, 3.05) is 6.61 Å². The Morgan fingerprint density at radius 1 is 0.909 bits per heavy atom. The maximum atomic E-state index is 9.32. The molecule has 3 aromatic carbocycles. The molecule has 33 heavy (non-hydrogen) atoms. The Morgan fingerprint density at radius 2 is 1.55 bits per heavy atom. The predicted molar refractivity (Wildman–Crippen MR) is 139 cm³/mol. The van der Waals surface area contributed by atoms with Crippen molar-refractivity contribution >= 4 is 0 Å². The molecule has 1 unspecified atom stereocenters. The second-order valence-electron chi connectivity index (χ2n) is 8.28. The molecule has 1 heterocycles. The van der Waals surface area contributed by atoms with Gasteiger partial charge in [0.15, 0.2) is 0 Å². The van der Waals surface area contributed by atoms with E-state index in [1.807, 2.05) is 43.3 Å². The summed E-state index contributed by atoms with van der Waals surface area (Å²) in [7, 11) is 0. The fourth-order valence-corrected chi connectivity index (χ4v) is 3.37. The van der Waals surface area contributed by atoms with Crippen LogP contribution in [0.3, 0.4) is 0 Å². The van der Waals surface area contributed by atoms with E-state index in [9.17, 15) is 5.11 Å². The van der Waals surface area contributed by atoms with Crippen molar-refractivity contribution in [3.05, 3.63) is 114 Å². The molecule has 3 nitrogen and oxygen atoms in total. The number of fused-ring (bicyclic) bond motifs is 1. The van der Waals surface area contributed by atoms with Gasteiger partial charge in [-0.1, -0.05) is 71.8 Å². The molecule has 1 aliphatic rings. The Hall–Kier alpha value is -3.46. The van der Waals surface area contributed by atoms with Crippen LogP contribution in [0.15, 0.2) is 86.0 Å². The molecule has 3 heteroatoms. The first-order chi connectivity index (χ1) is 15.8. The van der Waals surface area contributed by atoms with Crippen molar-refractivity contribution in [1.82, 2.24) is 0 Å². The summed E-state index contributed by atoms with van der Waals surface area (Å²) >= 11 is 0. The van der Waals surface area contributed by atoms with E-state index in [0.29, 0.717) is 18.5 Å². The molecule has 0 radical (unpaired) electrons. The fraction of sp³-hybridized carbons (Fsp3) is 0.267. The van der Waals surface area contributed by atoms with E-state index in [0.717, 1.165) is 29.9 Å². The lowest BCUT2D eigenvalue weighted by Crippen LogP contribution is -2.05. The number of allylic oxidation sites excluding steroid dienone is 1. The minimum atomic E-state index is 0.357. The third-order valence-electron chi connectivity index (χ3n) is 5.04. The Morgan fingerprint density at radius 3 is 2.21 bits per heavy atom. The lowest BCUT2D eigenvalue weighted by atomic mass is 10.1. The largest absolute Gasteiger partial charge is 0.508 e. The first kappa shape index (κ1) is 25.8. The van der Waals surface area contributed by atoms with Crippen LogP contribution in [-0.4, -0.2) is 17.8 Å². The number of ether oxygens (including phenoxy) is 2. The highest BCUT2D eigenvalue weighted by molar-refractivity contribution is 5.40. The molecule has 0 saturated carbocycles. The van der Waals surface area contributed by atoms with E-state index >= 15 is 0 Å². The van der Waals surface area contributed by atoms with Crippen molar-refractivity contribution < 1.29 is 14.6 Å². The van der Waals surface area contributed by atoms with Gasteiger partial charge in [0.1, 0.15) is 30.0 Å². The molecule has 0 amide bonds. The van der Waals surface area contributed by atoms with E-state index in [-0.39, 0.29) is 0 Å². The zero-order valence-corrected chi connectivity index (χ0v) is 20.3. The molecular weight excluding hydrogens is 408 g/mol. The van der Waals surface area contributed by atoms with E-state index in [4.69, 9.17) is 9.47 Å². The Bertz CT molecular complexity index is 1030. The monoisotopic (exact) mass is 444 g/mol. The van der Waals surface area contributed by atoms with E-state index in [1.54, 1.807) is 18.2 Å². The number of hydrogen-bond donors (Lipinski definition) is 1. The second kappa shape index (κ2) is 13.2. The summed E-state index contributed by atoms with van der Waals surface area (Å²) in [6, 6.07) is 19.9. The highest BCUT2D eigenvalue weighted by Crippen LogP contribution is 2.28. The number of hydrogen-bond acceptors (Lipinski definition) is 3. The van der Waals surface area contributed by atoms with Crippen molar-refractivity contribution in [1.29, 1.82) is 0 Å². The van der Waals surface area contributed by atoms with Crippen molar-refractivity contribution in [2.24, 2.45) is 0 Å². The van der Waals surface area contributed by atoms with Gasteiger partial charge >= 0.3 is 0 Å². The molecule has 0 saturated heterocycles. The highest BCUT2D eigenvalue weighted by Gasteiger charge is 2.17. The van der Waals surface area contributed by atoms with E-state index in [2.05, 4.69) is 52.1 Å². The van der Waals surface area contributed by atoms with Crippen LogP contribution in [0.4, 0.5) is 0 Å². The first-order valence-corrected chi connectivity index (χ1v) is 11.3. The summed E-state index contributed by atoms with van der Waals surface area (Å²) in [5.74, 6) is 2.33. The van der Waals surface area contributed by atoms with Gasteiger partial charge in [-0.05, 0) is 69.5 Å². The van der Waals surface area contributed by atoms with Crippen LogP contribution in [0.5, 0.6) is 17.2 Å². The standard InChI is InChI=1S/3C10H12O/c1-7-3-4-10-9(5-7)6-8(2)11-10;1-3-8-11-10-6-4-9(2)5-7-10;1-3-4-9-7-8(2)5-6-10(9)11/h3-5,8H,6H2,1-2H3;3-7H,1,8H2,2H3;3,5-7,11H,1,4H2,2H3. The zero-order chi connectivity index (χ0) is 24.2. The fourth-order valence-electron chi connectivity index (χ4n) is 3.37. The summed E-state index contributed by atoms with van der Waals surface area (Å²) in [6.45, 7) is 16.0. The normalized spacial score (nSPS) is 13.3. The molecule has 0 aromatic heterocycles. The summed E-state index contributed by atoms with van der Waals surface area (Å²) in [5, 5.41) is 9.32. The van der Waals surface area contributed by atoms with Crippen LogP contribution in [0.1, 0.15) is 34.7 Å². The molecule has 0 bridgehead atoms. The minimum Gasteiger partial charge on any atom is -0.508 e. The number of aromatic hydroxyl groups is 1. The van der Waals surface area contributed by atoms with Crippen molar-refractivity contribution in [2.45, 2.75) is 46.6 Å². The quantitative estimate of drug-likeness (QED) is 0.419.